The number of likely N-dealkylation sites (N-methyl/N-ethyl adjacent to an activating group) is 1. The molecule has 0 spiro atoms. The van der Waals surface area contributed by atoms with Crippen LogP contribution in [0.1, 0.15) is 30.4 Å². The normalized spacial score (nSPS) is 21.1. The van der Waals surface area contributed by atoms with Gasteiger partial charge in [-0.1, -0.05) is 6.07 Å². The second-order valence-electron chi connectivity index (χ2n) is 7.74. The van der Waals surface area contributed by atoms with Crippen molar-refractivity contribution in [3.8, 4) is 5.75 Å². The van der Waals surface area contributed by atoms with E-state index in [9.17, 15) is 18.0 Å². The molecule has 29 heavy (non-hydrogen) atoms. The number of benzene rings is 1. The Bertz CT molecular complexity index is 921. The standard InChI is InChI=1S/C20H27N3O5S/c1-14-10-15(2)12-17(11-14)28-8-7-22(3)20(25)18-4-5-19(24)23(21-18)16-6-9-29(26,27)13-16/h10-12,16H,4-9,13H2,1-3H3. The lowest BCUT2D eigenvalue weighted by Crippen LogP contribution is -2.44. The van der Waals surface area contributed by atoms with Crippen molar-refractivity contribution in [2.24, 2.45) is 5.10 Å². The Balaban J connectivity index is 1.59. The molecule has 2 amide bonds. The number of carbonyl (C=O) groups excluding carboxylic acids is 2. The highest BCUT2D eigenvalue weighted by Crippen LogP contribution is 2.22. The average molecular weight is 422 g/mol. The molecule has 1 aromatic carbocycles. The fraction of sp³-hybridized carbons (Fsp3) is 0.550. The van der Waals surface area contributed by atoms with Crippen molar-refractivity contribution in [3.63, 3.8) is 0 Å². The van der Waals surface area contributed by atoms with Crippen LogP contribution >= 0.6 is 0 Å². The number of nitrogens with zero attached hydrogens (tertiary/aromatic N) is 3. The van der Waals surface area contributed by atoms with E-state index in [1.165, 1.54) is 9.91 Å². The van der Waals surface area contributed by atoms with E-state index in [1.807, 2.05) is 26.0 Å². The van der Waals surface area contributed by atoms with E-state index in [0.29, 0.717) is 19.6 Å². The van der Waals surface area contributed by atoms with Crippen molar-refractivity contribution in [1.29, 1.82) is 0 Å². The summed E-state index contributed by atoms with van der Waals surface area (Å²) >= 11 is 0. The number of hydrogen-bond donors (Lipinski definition) is 0. The summed E-state index contributed by atoms with van der Waals surface area (Å²) in [5, 5.41) is 5.43. The Labute approximate surface area is 171 Å². The first-order valence-corrected chi connectivity index (χ1v) is 11.5. The maximum absolute atomic E-state index is 12.7. The summed E-state index contributed by atoms with van der Waals surface area (Å²) in [6.45, 7) is 4.71. The third-order valence-electron chi connectivity index (χ3n) is 5.10. The highest BCUT2D eigenvalue weighted by Gasteiger charge is 2.37. The molecule has 8 nitrogen and oxygen atoms in total. The topological polar surface area (TPSA) is 96.3 Å². The first-order valence-electron chi connectivity index (χ1n) is 9.71. The fourth-order valence-electron chi connectivity index (χ4n) is 3.62. The average Bonchev–Trinajstić information content (AvgIpc) is 3.00. The third-order valence-corrected chi connectivity index (χ3v) is 6.85. The van der Waals surface area contributed by atoms with Gasteiger partial charge in [0.05, 0.1) is 24.1 Å². The van der Waals surface area contributed by atoms with Gasteiger partial charge in [0, 0.05) is 19.9 Å². The highest BCUT2D eigenvalue weighted by molar-refractivity contribution is 7.91. The van der Waals surface area contributed by atoms with E-state index >= 15 is 0 Å². The molecule has 0 aliphatic carbocycles. The zero-order valence-corrected chi connectivity index (χ0v) is 17.9. The molecule has 2 heterocycles. The summed E-state index contributed by atoms with van der Waals surface area (Å²) in [4.78, 5) is 26.4. The Morgan fingerprint density at radius 2 is 1.93 bits per heavy atom. The van der Waals surface area contributed by atoms with E-state index in [0.717, 1.165) is 16.9 Å². The van der Waals surface area contributed by atoms with Crippen LogP contribution in [0.2, 0.25) is 0 Å². The highest BCUT2D eigenvalue weighted by atomic mass is 32.2. The van der Waals surface area contributed by atoms with Crippen molar-refractivity contribution in [1.82, 2.24) is 9.91 Å². The Morgan fingerprint density at radius 3 is 2.55 bits per heavy atom. The molecule has 2 aliphatic rings. The van der Waals surface area contributed by atoms with Crippen molar-refractivity contribution < 1.29 is 22.7 Å². The van der Waals surface area contributed by atoms with Crippen LogP contribution in [0.15, 0.2) is 23.3 Å². The van der Waals surface area contributed by atoms with Gasteiger partial charge in [0.2, 0.25) is 5.91 Å². The number of hydrogen-bond acceptors (Lipinski definition) is 6. The summed E-state index contributed by atoms with van der Waals surface area (Å²) in [6, 6.07) is 5.47. The summed E-state index contributed by atoms with van der Waals surface area (Å²) in [6.07, 6.45) is 0.780. The van der Waals surface area contributed by atoms with E-state index < -0.39 is 15.9 Å². The maximum atomic E-state index is 12.7. The molecule has 0 radical (unpaired) electrons. The predicted molar refractivity (Wildman–Crippen MR) is 110 cm³/mol. The first kappa shape index (κ1) is 21.3. The van der Waals surface area contributed by atoms with Crippen LogP contribution in [0.5, 0.6) is 5.75 Å². The predicted octanol–water partition coefficient (Wildman–Crippen LogP) is 1.31. The summed E-state index contributed by atoms with van der Waals surface area (Å²) < 4.78 is 29.2. The van der Waals surface area contributed by atoms with Gasteiger partial charge in [-0.2, -0.15) is 5.10 Å². The number of aryl methyl sites for hydroxylation is 2. The number of amides is 2. The Kier molecular flexibility index (Phi) is 6.26. The van der Waals surface area contributed by atoms with Gasteiger partial charge in [0.15, 0.2) is 9.84 Å². The quantitative estimate of drug-likeness (QED) is 0.690. The van der Waals surface area contributed by atoms with Gasteiger partial charge in [-0.25, -0.2) is 13.4 Å². The number of carbonyl (C=O) groups is 2. The van der Waals surface area contributed by atoms with Gasteiger partial charge >= 0.3 is 0 Å². The van der Waals surface area contributed by atoms with Crippen LogP contribution in [-0.4, -0.2) is 73.6 Å². The van der Waals surface area contributed by atoms with Crippen LogP contribution in [0.25, 0.3) is 0 Å². The number of ether oxygens (including phenoxy) is 1. The van der Waals surface area contributed by atoms with Crippen LogP contribution < -0.4 is 4.74 Å². The van der Waals surface area contributed by atoms with E-state index in [1.54, 1.807) is 7.05 Å². The molecule has 1 atom stereocenters. The maximum Gasteiger partial charge on any atom is 0.269 e. The minimum absolute atomic E-state index is 0.0515. The number of sulfone groups is 1. The SMILES string of the molecule is Cc1cc(C)cc(OCCN(C)C(=O)C2=NN(C3CCS(=O)(=O)C3)C(=O)CC2)c1. The van der Waals surface area contributed by atoms with E-state index in [4.69, 9.17) is 4.74 Å². The van der Waals surface area contributed by atoms with Gasteiger partial charge < -0.3 is 9.64 Å². The molecule has 1 aromatic rings. The van der Waals surface area contributed by atoms with Crippen LogP contribution in [0.3, 0.4) is 0 Å². The van der Waals surface area contributed by atoms with Crippen molar-refractivity contribution in [2.75, 3.05) is 31.7 Å². The Morgan fingerprint density at radius 1 is 1.24 bits per heavy atom. The molecule has 3 rings (SSSR count). The minimum atomic E-state index is -3.14. The monoisotopic (exact) mass is 421 g/mol. The molecule has 1 fully saturated rings. The molecule has 9 heteroatoms. The van der Waals surface area contributed by atoms with Crippen LogP contribution in [-0.2, 0) is 19.4 Å². The van der Waals surface area contributed by atoms with E-state index in [2.05, 4.69) is 11.2 Å². The lowest BCUT2D eigenvalue weighted by Gasteiger charge is -2.28. The van der Waals surface area contributed by atoms with Crippen molar-refractivity contribution in [3.05, 3.63) is 29.3 Å². The molecular weight excluding hydrogens is 394 g/mol. The molecule has 158 valence electrons. The van der Waals surface area contributed by atoms with Crippen LogP contribution in [0.4, 0.5) is 0 Å². The zero-order chi connectivity index (χ0) is 21.2. The van der Waals surface area contributed by atoms with Gasteiger partial charge in [-0.05, 0) is 43.5 Å². The summed E-state index contributed by atoms with van der Waals surface area (Å²) in [5.41, 5.74) is 2.50. The first-order chi connectivity index (χ1) is 13.6. The number of hydrazone groups is 1. The van der Waals surface area contributed by atoms with Gasteiger partial charge in [-0.15, -0.1) is 0 Å². The van der Waals surface area contributed by atoms with Crippen molar-refractivity contribution in [2.45, 2.75) is 39.2 Å². The molecule has 0 saturated carbocycles. The molecule has 0 aromatic heterocycles. The van der Waals surface area contributed by atoms with Crippen molar-refractivity contribution >= 4 is 27.4 Å². The minimum Gasteiger partial charge on any atom is -0.492 e. The summed E-state index contributed by atoms with van der Waals surface area (Å²) in [7, 11) is -1.48. The number of rotatable bonds is 6. The van der Waals surface area contributed by atoms with Gasteiger partial charge in [0.1, 0.15) is 18.1 Å². The van der Waals surface area contributed by atoms with Gasteiger partial charge in [-0.3, -0.25) is 9.59 Å². The van der Waals surface area contributed by atoms with E-state index in [-0.39, 0.29) is 41.9 Å². The van der Waals surface area contributed by atoms with Gasteiger partial charge in [0.25, 0.3) is 5.91 Å². The molecule has 0 N–H and O–H groups in total. The molecule has 1 saturated heterocycles. The lowest BCUT2D eigenvalue weighted by molar-refractivity contribution is -0.134. The van der Waals surface area contributed by atoms with Crippen LogP contribution in [0, 0.1) is 13.8 Å². The third kappa shape index (κ3) is 5.35. The lowest BCUT2D eigenvalue weighted by atomic mass is 10.1. The molecule has 0 bridgehead atoms. The summed E-state index contributed by atoms with van der Waals surface area (Å²) in [5.74, 6) is 0.216. The zero-order valence-electron chi connectivity index (χ0n) is 17.1. The molecule has 2 aliphatic heterocycles. The molecule has 1 unspecified atom stereocenters. The Hall–Kier alpha value is -2.42. The largest absolute Gasteiger partial charge is 0.492 e. The second-order valence-corrected chi connectivity index (χ2v) is 9.97. The smallest absolute Gasteiger partial charge is 0.269 e. The fourth-order valence-corrected chi connectivity index (χ4v) is 5.31. The molecular formula is C20H27N3O5S. The second kappa shape index (κ2) is 8.52.